The molecular formula is C66H54N4S3. The second-order valence-corrected chi connectivity index (χ2v) is 22.9. The summed E-state index contributed by atoms with van der Waals surface area (Å²) in [4.78, 5) is 24.6. The minimum absolute atomic E-state index is 0.891. The predicted molar refractivity (Wildman–Crippen MR) is 318 cm³/mol. The lowest BCUT2D eigenvalue weighted by atomic mass is 9.97. The molecule has 0 amide bonds. The van der Waals surface area contributed by atoms with Crippen molar-refractivity contribution in [3.8, 4) is 64.0 Å². The molecule has 0 radical (unpaired) electrons. The van der Waals surface area contributed by atoms with Gasteiger partial charge in [0.1, 0.15) is 0 Å². The number of aryl methyl sites for hydroxylation is 8. The Morgan fingerprint density at radius 3 is 1.21 bits per heavy atom. The van der Waals surface area contributed by atoms with Gasteiger partial charge in [-0.1, -0.05) is 142 Å². The molecule has 0 atom stereocenters. The molecule has 8 heterocycles. The van der Waals surface area contributed by atoms with Gasteiger partial charge in [0.25, 0.3) is 0 Å². The van der Waals surface area contributed by atoms with Crippen molar-refractivity contribution >= 4 is 92.5 Å². The largest absolute Gasteiger partial charge is 0.354 e. The minimum Gasteiger partial charge on any atom is -0.354 e. The first kappa shape index (κ1) is 46.4. The van der Waals surface area contributed by atoms with E-state index in [1.54, 1.807) is 22.7 Å². The first-order chi connectivity index (χ1) is 35.4. The Labute approximate surface area is 439 Å². The summed E-state index contributed by atoms with van der Waals surface area (Å²) < 4.78 is 0. The fraction of sp³-hybridized carbons (Fsp3) is 0.121. The van der Waals surface area contributed by atoms with Crippen molar-refractivity contribution in [3.05, 3.63) is 210 Å². The van der Waals surface area contributed by atoms with Gasteiger partial charge in [-0.2, -0.15) is 0 Å². The van der Waals surface area contributed by atoms with E-state index in [-0.39, 0.29) is 0 Å². The minimum atomic E-state index is 0.891. The molecule has 0 unspecified atom stereocenters. The van der Waals surface area contributed by atoms with Crippen LogP contribution in [0.4, 0.5) is 0 Å². The maximum atomic E-state index is 5.73. The number of hydrogen-bond donors (Lipinski definition) is 2. The molecule has 8 bridgehead atoms. The Balaban J connectivity index is 1.26. The molecule has 0 saturated carbocycles. The van der Waals surface area contributed by atoms with Crippen molar-refractivity contribution in [3.63, 3.8) is 0 Å². The van der Waals surface area contributed by atoms with Crippen LogP contribution < -0.4 is 0 Å². The molecule has 4 aromatic carbocycles. The topological polar surface area (TPSA) is 57.4 Å². The number of H-pyrrole nitrogens is 2. The van der Waals surface area contributed by atoms with Gasteiger partial charge in [0.15, 0.2) is 0 Å². The number of nitrogens with one attached hydrogen (secondary N) is 2. The molecule has 6 aromatic heterocycles. The monoisotopic (exact) mass is 998 g/mol. The van der Waals surface area contributed by atoms with E-state index >= 15 is 0 Å². The summed E-state index contributed by atoms with van der Waals surface area (Å²) in [5, 5.41) is 4.33. The van der Waals surface area contributed by atoms with Crippen LogP contribution in [0, 0.1) is 55.4 Å². The lowest BCUT2D eigenvalue weighted by molar-refractivity contribution is 1.30. The highest BCUT2D eigenvalue weighted by atomic mass is 32.1. The predicted octanol–water partition coefficient (Wildman–Crippen LogP) is 19.5. The average Bonchev–Trinajstić information content (AvgIpc) is 4.18. The molecule has 0 saturated heterocycles. The van der Waals surface area contributed by atoms with Crippen LogP contribution in [0.3, 0.4) is 0 Å². The zero-order valence-corrected chi connectivity index (χ0v) is 44.7. The number of aromatic nitrogens is 4. The smallest absolute Gasteiger partial charge is 0.0737 e. The number of rotatable bonds is 8. The molecule has 2 aliphatic heterocycles. The van der Waals surface area contributed by atoms with E-state index in [0.717, 1.165) is 94.9 Å². The summed E-state index contributed by atoms with van der Waals surface area (Å²) in [5.41, 5.74) is 28.0. The molecular weight excluding hydrogens is 945 g/mol. The number of nitrogens with zero attached hydrogens (tertiary/aromatic N) is 2. The molecule has 73 heavy (non-hydrogen) atoms. The molecule has 10 aromatic rings. The molecule has 0 fully saturated rings. The quantitative estimate of drug-likeness (QED) is 0.159. The number of hydrogen-bond acceptors (Lipinski definition) is 5. The molecule has 0 spiro atoms. The van der Waals surface area contributed by atoms with E-state index in [9.17, 15) is 0 Å². The molecule has 2 aliphatic rings. The van der Waals surface area contributed by atoms with Gasteiger partial charge in [0.2, 0.25) is 0 Å². The zero-order chi connectivity index (χ0) is 50.1. The van der Waals surface area contributed by atoms with Crippen molar-refractivity contribution in [2.24, 2.45) is 0 Å². The summed E-state index contributed by atoms with van der Waals surface area (Å²) in [6.45, 7) is 17.5. The van der Waals surface area contributed by atoms with Gasteiger partial charge in [0, 0.05) is 59.0 Å². The maximum Gasteiger partial charge on any atom is 0.0737 e. The number of benzene rings is 4. The summed E-state index contributed by atoms with van der Waals surface area (Å²) in [6, 6.07) is 45.2. The summed E-state index contributed by atoms with van der Waals surface area (Å²) in [5.74, 6) is 0. The van der Waals surface area contributed by atoms with Crippen LogP contribution in [0.25, 0.3) is 123 Å². The van der Waals surface area contributed by atoms with Crippen LogP contribution in [0.1, 0.15) is 78.4 Å². The maximum absolute atomic E-state index is 5.73. The van der Waals surface area contributed by atoms with E-state index in [2.05, 4.69) is 234 Å². The van der Waals surface area contributed by atoms with Gasteiger partial charge in [0.05, 0.1) is 33.2 Å². The molecule has 7 heteroatoms. The van der Waals surface area contributed by atoms with Crippen molar-refractivity contribution in [1.29, 1.82) is 0 Å². The van der Waals surface area contributed by atoms with Crippen LogP contribution in [0.15, 0.2) is 132 Å². The third-order valence-electron chi connectivity index (χ3n) is 13.7. The summed E-state index contributed by atoms with van der Waals surface area (Å²) in [6.07, 6.45) is 13.5. The molecule has 2 N–H and O–H groups in total. The Morgan fingerprint density at radius 2 is 0.767 bits per heavy atom. The lowest BCUT2D eigenvalue weighted by Crippen LogP contribution is -1.92. The third kappa shape index (κ3) is 9.03. The zero-order valence-electron chi connectivity index (χ0n) is 42.3. The molecule has 0 aliphatic carbocycles. The van der Waals surface area contributed by atoms with E-state index in [0.29, 0.717) is 0 Å². The van der Waals surface area contributed by atoms with Crippen molar-refractivity contribution in [1.82, 2.24) is 19.9 Å². The van der Waals surface area contributed by atoms with Gasteiger partial charge >= 0.3 is 0 Å². The van der Waals surface area contributed by atoms with Gasteiger partial charge in [-0.25, -0.2) is 9.97 Å². The van der Waals surface area contributed by atoms with Crippen LogP contribution in [0.2, 0.25) is 0 Å². The standard InChI is InChI=1S/C66H54N4S3/c1-37-23-38(2)28-47(27-37)61-51-15-16-52(67-51)62(48-29-39(3)24-40(4)30-48)54-19-20-56(69-54)64(50-33-43(7)26-44(8)34-50)65-45(13-14-46-36-60(58-11-9-21-71-58)73-66(46)59-12-10-22-72-59)35-57(70-65)63(55-18-17-53(61)68-55)49-31-41(5)25-42(6)32-49/h9-36,67,70H,1-8H3/b14-13+,61-51?,61-53?,62-52?,62-54?,63-55?,63-57?,64-56?,65-64?. The number of aromatic amines is 2. The van der Waals surface area contributed by atoms with Crippen molar-refractivity contribution in [2.45, 2.75) is 55.4 Å². The lowest BCUT2D eigenvalue weighted by Gasteiger charge is -2.10. The summed E-state index contributed by atoms with van der Waals surface area (Å²) in [7, 11) is 0. The van der Waals surface area contributed by atoms with Crippen LogP contribution in [-0.4, -0.2) is 19.9 Å². The van der Waals surface area contributed by atoms with E-state index in [1.165, 1.54) is 69.6 Å². The van der Waals surface area contributed by atoms with E-state index < -0.39 is 0 Å². The van der Waals surface area contributed by atoms with E-state index in [4.69, 9.17) is 9.97 Å². The Morgan fingerprint density at radius 1 is 0.370 bits per heavy atom. The highest BCUT2D eigenvalue weighted by Gasteiger charge is 2.22. The number of thiophene rings is 3. The van der Waals surface area contributed by atoms with E-state index in [1.807, 2.05) is 11.3 Å². The van der Waals surface area contributed by atoms with Crippen LogP contribution in [-0.2, 0) is 0 Å². The highest BCUT2D eigenvalue weighted by molar-refractivity contribution is 7.26. The fourth-order valence-corrected chi connectivity index (χ4v) is 13.8. The average molecular weight is 999 g/mol. The highest BCUT2D eigenvalue weighted by Crippen LogP contribution is 2.44. The Hall–Kier alpha value is -7.68. The normalized spacial score (nSPS) is 12.2. The first-order valence-electron chi connectivity index (χ1n) is 24.8. The molecule has 12 rings (SSSR count). The van der Waals surface area contributed by atoms with Crippen molar-refractivity contribution in [2.75, 3.05) is 0 Å². The molecule has 356 valence electrons. The molecule has 4 nitrogen and oxygen atoms in total. The Kier molecular flexibility index (Phi) is 11.9. The number of fused-ring (bicyclic) bond motifs is 8. The second-order valence-electron chi connectivity index (χ2n) is 19.9. The van der Waals surface area contributed by atoms with Gasteiger partial charge in [-0.15, -0.1) is 34.0 Å². The van der Waals surface area contributed by atoms with Gasteiger partial charge < -0.3 is 9.97 Å². The van der Waals surface area contributed by atoms with Crippen LogP contribution >= 0.6 is 34.0 Å². The van der Waals surface area contributed by atoms with Crippen LogP contribution in [0.5, 0.6) is 0 Å². The second kappa shape index (κ2) is 18.7. The SMILES string of the molecule is Cc1cc(C)cc(-c2c3nc(c(-c4cc(C)cc(C)c4)c4cc(/C=C/c5cc(-c6cccs6)sc5-c5cccs5)c([nH]4)c(-c4cc(C)cc(C)c4)c4nc(c(-c5cc(C)cc(C)c5)c5ccc2[nH]5)C=C4)C=C3)c1. The Bertz CT molecular complexity index is 4030. The van der Waals surface area contributed by atoms with Gasteiger partial charge in [-0.3, -0.25) is 0 Å². The first-order valence-corrected chi connectivity index (χ1v) is 27.4. The van der Waals surface area contributed by atoms with Crippen molar-refractivity contribution < 1.29 is 0 Å². The fourth-order valence-electron chi connectivity index (χ4n) is 11.0. The third-order valence-corrected chi connectivity index (χ3v) is 16.9. The van der Waals surface area contributed by atoms with Gasteiger partial charge in [-0.05, 0) is 155 Å². The summed E-state index contributed by atoms with van der Waals surface area (Å²) >= 11 is 5.44.